The largest absolute Gasteiger partial charge is 0.573 e. The fraction of sp³-hybridized carbons (Fsp3) is 0.419. The SMILES string of the molecule is Cc1cnn(-c2ccc(N3CCC[C@H](NC4CCCCC4Nc4ncc(-c5ccc(OC(F)(F)F)cc5)o4)C3)cc2)c1. The molecule has 1 saturated carbocycles. The third-order valence-electron chi connectivity index (χ3n) is 8.02. The Morgan fingerprint density at radius 2 is 1.64 bits per heavy atom. The van der Waals surface area contributed by atoms with Crippen molar-refractivity contribution in [3.63, 3.8) is 0 Å². The number of hydrogen-bond acceptors (Lipinski definition) is 7. The zero-order valence-electron chi connectivity index (χ0n) is 23.5. The quantitative estimate of drug-likeness (QED) is 0.240. The topological polar surface area (TPSA) is 80.4 Å². The summed E-state index contributed by atoms with van der Waals surface area (Å²) in [7, 11) is 0. The lowest BCUT2D eigenvalue weighted by Crippen LogP contribution is -2.54. The average Bonchev–Trinajstić information content (AvgIpc) is 3.63. The van der Waals surface area contributed by atoms with Crippen LogP contribution in [0.25, 0.3) is 17.0 Å². The number of piperidine rings is 1. The molecule has 42 heavy (non-hydrogen) atoms. The van der Waals surface area contributed by atoms with Gasteiger partial charge in [0.25, 0.3) is 6.01 Å². The van der Waals surface area contributed by atoms with Crippen molar-refractivity contribution in [1.82, 2.24) is 20.1 Å². The van der Waals surface area contributed by atoms with Crippen LogP contribution in [0, 0.1) is 6.92 Å². The first-order chi connectivity index (χ1) is 20.3. The molecule has 3 atom stereocenters. The minimum absolute atomic E-state index is 0.167. The lowest BCUT2D eigenvalue weighted by atomic mass is 9.89. The summed E-state index contributed by atoms with van der Waals surface area (Å²) in [6.45, 7) is 4.02. The fourth-order valence-corrected chi connectivity index (χ4v) is 5.98. The number of rotatable bonds is 8. The molecule has 0 bridgehead atoms. The standard InChI is InChI=1S/C31H35F3N6O2/c1-21-17-36-40(19-21)25-12-10-24(11-13-25)39-16-4-5-23(20-39)37-27-6-2-3-7-28(27)38-30-35-18-29(41-30)22-8-14-26(15-9-22)42-31(32,33)34/h8-15,17-19,23,27-28,37H,2-7,16,20H2,1H3,(H,35,38)/t23-,27?,28?/m0/s1. The molecule has 2 N–H and O–H groups in total. The van der Waals surface area contributed by atoms with E-state index in [-0.39, 0.29) is 17.8 Å². The average molecular weight is 581 g/mol. The zero-order valence-corrected chi connectivity index (χ0v) is 23.5. The van der Waals surface area contributed by atoms with Crippen LogP contribution in [0.4, 0.5) is 24.9 Å². The number of aryl methyl sites for hydroxylation is 1. The minimum Gasteiger partial charge on any atom is -0.424 e. The third-order valence-corrected chi connectivity index (χ3v) is 8.02. The van der Waals surface area contributed by atoms with Crippen LogP contribution in [-0.4, -0.2) is 52.3 Å². The van der Waals surface area contributed by atoms with Gasteiger partial charge in [-0.1, -0.05) is 12.8 Å². The molecule has 2 aromatic carbocycles. The molecule has 1 aliphatic carbocycles. The second kappa shape index (κ2) is 12.1. The second-order valence-electron chi connectivity index (χ2n) is 11.2. The molecule has 2 aliphatic rings. The molecule has 0 amide bonds. The van der Waals surface area contributed by atoms with Crippen LogP contribution in [0.15, 0.2) is 71.5 Å². The predicted molar refractivity (Wildman–Crippen MR) is 155 cm³/mol. The number of benzene rings is 2. The van der Waals surface area contributed by atoms with Gasteiger partial charge in [0.2, 0.25) is 0 Å². The molecule has 222 valence electrons. The van der Waals surface area contributed by atoms with E-state index in [0.717, 1.165) is 56.4 Å². The van der Waals surface area contributed by atoms with Crippen LogP contribution in [0.1, 0.15) is 44.1 Å². The first-order valence-corrected chi connectivity index (χ1v) is 14.5. The summed E-state index contributed by atoms with van der Waals surface area (Å²) in [5.74, 6) is 0.204. The number of hydrogen-bond donors (Lipinski definition) is 2. The number of anilines is 2. The maximum Gasteiger partial charge on any atom is 0.573 e. The van der Waals surface area contributed by atoms with Gasteiger partial charge in [0.05, 0.1) is 18.1 Å². The van der Waals surface area contributed by atoms with Crippen molar-refractivity contribution in [2.45, 2.75) is 69.9 Å². The molecule has 0 radical (unpaired) electrons. The molecule has 1 saturated heterocycles. The number of aromatic nitrogens is 3. The monoisotopic (exact) mass is 580 g/mol. The summed E-state index contributed by atoms with van der Waals surface area (Å²) in [6.07, 6.45) is 7.37. The normalized spacial score (nSPS) is 21.3. The van der Waals surface area contributed by atoms with Crippen LogP contribution in [0.5, 0.6) is 5.75 Å². The smallest absolute Gasteiger partial charge is 0.424 e. The first kappa shape index (κ1) is 28.1. The first-order valence-electron chi connectivity index (χ1n) is 14.5. The second-order valence-corrected chi connectivity index (χ2v) is 11.2. The van der Waals surface area contributed by atoms with Crippen molar-refractivity contribution < 1.29 is 22.3 Å². The van der Waals surface area contributed by atoms with Gasteiger partial charge < -0.3 is 24.7 Å². The minimum atomic E-state index is -4.72. The van der Waals surface area contributed by atoms with E-state index in [0.29, 0.717) is 23.4 Å². The van der Waals surface area contributed by atoms with Gasteiger partial charge in [-0.15, -0.1) is 13.2 Å². The Bertz CT molecular complexity index is 1450. The molecule has 3 heterocycles. The molecular weight excluding hydrogens is 545 g/mol. The Morgan fingerprint density at radius 1 is 0.905 bits per heavy atom. The van der Waals surface area contributed by atoms with Gasteiger partial charge in [0.15, 0.2) is 5.76 Å². The molecule has 2 unspecified atom stereocenters. The van der Waals surface area contributed by atoms with Crippen molar-refractivity contribution in [1.29, 1.82) is 0 Å². The molecule has 4 aromatic rings. The van der Waals surface area contributed by atoms with E-state index in [1.807, 2.05) is 24.0 Å². The van der Waals surface area contributed by atoms with Crippen LogP contribution in [0.2, 0.25) is 0 Å². The van der Waals surface area contributed by atoms with Gasteiger partial charge in [-0.2, -0.15) is 5.10 Å². The van der Waals surface area contributed by atoms with E-state index < -0.39 is 6.36 Å². The van der Waals surface area contributed by atoms with Crippen molar-refractivity contribution in [3.8, 4) is 22.8 Å². The summed E-state index contributed by atoms with van der Waals surface area (Å²) < 4.78 is 49.2. The van der Waals surface area contributed by atoms with Crippen LogP contribution >= 0.6 is 0 Å². The fourth-order valence-electron chi connectivity index (χ4n) is 5.98. The highest BCUT2D eigenvalue weighted by Crippen LogP contribution is 2.30. The molecule has 1 aliphatic heterocycles. The number of nitrogens with one attached hydrogen (secondary N) is 2. The van der Waals surface area contributed by atoms with Crippen molar-refractivity contribution in [3.05, 3.63) is 72.7 Å². The van der Waals surface area contributed by atoms with Crippen LogP contribution < -0.4 is 20.3 Å². The zero-order chi connectivity index (χ0) is 29.1. The van der Waals surface area contributed by atoms with Gasteiger partial charge in [0.1, 0.15) is 5.75 Å². The lowest BCUT2D eigenvalue weighted by molar-refractivity contribution is -0.274. The number of halogens is 3. The van der Waals surface area contributed by atoms with Gasteiger partial charge >= 0.3 is 6.36 Å². The molecular formula is C31H35F3N6O2. The van der Waals surface area contributed by atoms with E-state index in [2.05, 4.69) is 54.6 Å². The number of oxazole rings is 1. The lowest BCUT2D eigenvalue weighted by Gasteiger charge is -2.40. The van der Waals surface area contributed by atoms with Crippen molar-refractivity contribution in [2.24, 2.45) is 0 Å². The maximum atomic E-state index is 12.5. The van der Waals surface area contributed by atoms with Gasteiger partial charge in [-0.05, 0) is 86.7 Å². The Labute approximate surface area is 242 Å². The Balaban J connectivity index is 1.06. The highest BCUT2D eigenvalue weighted by atomic mass is 19.4. The molecule has 8 nitrogen and oxygen atoms in total. The van der Waals surface area contributed by atoms with Gasteiger partial charge in [0, 0.05) is 48.7 Å². The summed E-state index contributed by atoms with van der Waals surface area (Å²) in [4.78, 5) is 6.85. The predicted octanol–water partition coefficient (Wildman–Crippen LogP) is 6.72. The van der Waals surface area contributed by atoms with E-state index in [1.54, 1.807) is 6.20 Å². The van der Waals surface area contributed by atoms with Gasteiger partial charge in [-0.25, -0.2) is 9.67 Å². The Hall–Kier alpha value is -3.99. The number of nitrogens with zero attached hydrogens (tertiary/aromatic N) is 4. The van der Waals surface area contributed by atoms with E-state index >= 15 is 0 Å². The summed E-state index contributed by atoms with van der Waals surface area (Å²) in [5.41, 5.74) is 4.03. The highest BCUT2D eigenvalue weighted by Gasteiger charge is 2.32. The van der Waals surface area contributed by atoms with Crippen LogP contribution in [-0.2, 0) is 0 Å². The maximum absolute atomic E-state index is 12.5. The van der Waals surface area contributed by atoms with Crippen molar-refractivity contribution >= 4 is 11.7 Å². The Morgan fingerprint density at radius 3 is 2.36 bits per heavy atom. The summed E-state index contributed by atoms with van der Waals surface area (Å²) in [6, 6.07) is 15.4. The van der Waals surface area contributed by atoms with E-state index in [1.165, 1.54) is 36.4 Å². The van der Waals surface area contributed by atoms with Gasteiger partial charge in [-0.3, -0.25) is 0 Å². The molecule has 2 fully saturated rings. The van der Waals surface area contributed by atoms with Crippen molar-refractivity contribution in [2.75, 3.05) is 23.3 Å². The number of alkyl halides is 3. The summed E-state index contributed by atoms with van der Waals surface area (Å²) >= 11 is 0. The van der Waals surface area contributed by atoms with E-state index in [4.69, 9.17) is 4.42 Å². The van der Waals surface area contributed by atoms with Crippen LogP contribution in [0.3, 0.4) is 0 Å². The Kier molecular flexibility index (Phi) is 8.10. The third kappa shape index (κ3) is 6.89. The molecule has 11 heteroatoms. The molecule has 0 spiro atoms. The van der Waals surface area contributed by atoms with E-state index in [9.17, 15) is 13.2 Å². The molecule has 6 rings (SSSR count). The highest BCUT2D eigenvalue weighted by molar-refractivity contribution is 5.58. The number of ether oxygens (including phenoxy) is 1. The molecule has 2 aromatic heterocycles. The summed E-state index contributed by atoms with van der Waals surface area (Å²) in [5, 5.41) is 11.8.